The first-order valence-electron chi connectivity index (χ1n) is 8.44. The first-order valence-corrected chi connectivity index (χ1v) is 9.39. The Morgan fingerprint density at radius 1 is 1.24 bits per heavy atom. The molecule has 1 aromatic heterocycles. The summed E-state index contributed by atoms with van der Waals surface area (Å²) in [6.07, 6.45) is 5.12. The van der Waals surface area contributed by atoms with E-state index < -0.39 is 0 Å². The highest BCUT2D eigenvalue weighted by Gasteiger charge is 2.43. The highest BCUT2D eigenvalue weighted by atomic mass is 32.1. The zero-order chi connectivity index (χ0) is 15.5. The van der Waals surface area contributed by atoms with E-state index in [4.69, 9.17) is 5.73 Å². The molecule has 1 aliphatic rings. The van der Waals surface area contributed by atoms with E-state index >= 15 is 0 Å². The van der Waals surface area contributed by atoms with E-state index in [0.717, 1.165) is 19.1 Å². The van der Waals surface area contributed by atoms with Gasteiger partial charge in [-0.15, -0.1) is 0 Å². The van der Waals surface area contributed by atoms with Gasteiger partial charge in [-0.05, 0) is 59.9 Å². The number of hydrogen-bond donors (Lipinski definition) is 1. The highest BCUT2D eigenvalue weighted by molar-refractivity contribution is 7.07. The third kappa shape index (κ3) is 4.54. The van der Waals surface area contributed by atoms with Crippen LogP contribution in [0.2, 0.25) is 0 Å². The lowest BCUT2D eigenvalue weighted by atomic mass is 9.80. The van der Waals surface area contributed by atoms with Gasteiger partial charge in [0.2, 0.25) is 0 Å². The molecular weight excluding hydrogens is 276 g/mol. The quantitative estimate of drug-likeness (QED) is 0.727. The van der Waals surface area contributed by atoms with Gasteiger partial charge >= 0.3 is 0 Å². The second-order valence-corrected chi connectivity index (χ2v) is 8.40. The van der Waals surface area contributed by atoms with Crippen LogP contribution in [0.3, 0.4) is 0 Å². The van der Waals surface area contributed by atoms with Crippen molar-refractivity contribution < 1.29 is 0 Å². The summed E-state index contributed by atoms with van der Waals surface area (Å²) in [5.41, 5.74) is 7.99. The molecule has 0 saturated heterocycles. The van der Waals surface area contributed by atoms with Gasteiger partial charge in [0.1, 0.15) is 0 Å². The van der Waals surface area contributed by atoms with Crippen molar-refractivity contribution in [3.8, 4) is 0 Å². The van der Waals surface area contributed by atoms with Crippen LogP contribution >= 0.6 is 11.3 Å². The molecule has 1 saturated carbocycles. The van der Waals surface area contributed by atoms with Crippen LogP contribution in [0, 0.1) is 11.8 Å². The topological polar surface area (TPSA) is 29.3 Å². The molecule has 21 heavy (non-hydrogen) atoms. The molecule has 1 heterocycles. The summed E-state index contributed by atoms with van der Waals surface area (Å²) in [5, 5.41) is 4.48. The van der Waals surface area contributed by atoms with Crippen LogP contribution in [0.4, 0.5) is 0 Å². The minimum Gasteiger partial charge on any atom is -0.329 e. The summed E-state index contributed by atoms with van der Waals surface area (Å²) >= 11 is 1.80. The Morgan fingerprint density at radius 2 is 1.86 bits per heavy atom. The van der Waals surface area contributed by atoms with Crippen LogP contribution in [0.25, 0.3) is 0 Å². The fourth-order valence-corrected chi connectivity index (χ4v) is 4.43. The molecule has 0 aliphatic heterocycles. The SMILES string of the molecule is CC(C)CC(CN)(CC(C)C)N(Cc1ccsc1)C1CC1. The van der Waals surface area contributed by atoms with Crippen molar-refractivity contribution in [2.75, 3.05) is 6.54 Å². The maximum absolute atomic E-state index is 6.36. The van der Waals surface area contributed by atoms with Gasteiger partial charge < -0.3 is 5.73 Å². The molecule has 1 aliphatic carbocycles. The van der Waals surface area contributed by atoms with Crippen molar-refractivity contribution in [2.45, 2.75) is 71.5 Å². The molecule has 0 aromatic carbocycles. The van der Waals surface area contributed by atoms with E-state index in [1.54, 1.807) is 11.3 Å². The zero-order valence-electron chi connectivity index (χ0n) is 14.1. The van der Waals surface area contributed by atoms with Crippen molar-refractivity contribution in [1.82, 2.24) is 4.90 Å². The summed E-state index contributed by atoms with van der Waals surface area (Å²) in [6, 6.07) is 3.03. The van der Waals surface area contributed by atoms with Gasteiger partial charge in [-0.1, -0.05) is 27.7 Å². The predicted octanol–water partition coefficient (Wildman–Crippen LogP) is 4.50. The van der Waals surface area contributed by atoms with Crippen LogP contribution < -0.4 is 5.73 Å². The molecule has 0 bridgehead atoms. The zero-order valence-corrected chi connectivity index (χ0v) is 15.0. The molecule has 0 unspecified atom stereocenters. The largest absolute Gasteiger partial charge is 0.329 e. The summed E-state index contributed by atoms with van der Waals surface area (Å²) in [5.74, 6) is 1.38. The van der Waals surface area contributed by atoms with Crippen molar-refractivity contribution in [1.29, 1.82) is 0 Å². The highest BCUT2D eigenvalue weighted by Crippen LogP contribution is 2.40. The lowest BCUT2D eigenvalue weighted by Crippen LogP contribution is -2.56. The van der Waals surface area contributed by atoms with Crippen molar-refractivity contribution in [2.24, 2.45) is 17.6 Å². The summed E-state index contributed by atoms with van der Waals surface area (Å²) in [7, 11) is 0. The molecule has 0 spiro atoms. The fraction of sp³-hybridized carbons (Fsp3) is 0.778. The molecule has 0 atom stereocenters. The molecular formula is C18H32N2S. The number of rotatable bonds is 9. The van der Waals surface area contributed by atoms with Crippen molar-refractivity contribution >= 4 is 11.3 Å². The van der Waals surface area contributed by atoms with Gasteiger partial charge in [-0.25, -0.2) is 0 Å². The van der Waals surface area contributed by atoms with E-state index in [-0.39, 0.29) is 5.54 Å². The molecule has 2 rings (SSSR count). The second kappa shape index (κ2) is 7.26. The van der Waals surface area contributed by atoms with E-state index in [1.807, 2.05) is 0 Å². The first-order chi connectivity index (χ1) is 9.97. The van der Waals surface area contributed by atoms with Gasteiger partial charge in [0, 0.05) is 24.7 Å². The van der Waals surface area contributed by atoms with Gasteiger partial charge in [0.05, 0.1) is 0 Å². The summed E-state index contributed by atoms with van der Waals surface area (Å²) < 4.78 is 0. The lowest BCUT2D eigenvalue weighted by Gasteiger charge is -2.46. The second-order valence-electron chi connectivity index (χ2n) is 7.62. The summed E-state index contributed by atoms with van der Waals surface area (Å²) in [4.78, 5) is 2.76. The molecule has 2 N–H and O–H groups in total. The summed E-state index contributed by atoms with van der Waals surface area (Å²) in [6.45, 7) is 11.2. The maximum Gasteiger partial charge on any atom is 0.0343 e. The average Bonchev–Trinajstić information content (AvgIpc) is 3.10. The van der Waals surface area contributed by atoms with E-state index in [9.17, 15) is 0 Å². The smallest absolute Gasteiger partial charge is 0.0343 e. The van der Waals surface area contributed by atoms with Gasteiger partial charge in [0.15, 0.2) is 0 Å². The van der Waals surface area contributed by atoms with Gasteiger partial charge in [-0.2, -0.15) is 11.3 Å². The van der Waals surface area contributed by atoms with Crippen molar-refractivity contribution in [3.63, 3.8) is 0 Å². The van der Waals surface area contributed by atoms with E-state index in [2.05, 4.69) is 49.4 Å². The number of hydrogen-bond acceptors (Lipinski definition) is 3. The predicted molar refractivity (Wildman–Crippen MR) is 93.6 cm³/mol. The van der Waals surface area contributed by atoms with Crippen LogP contribution in [-0.2, 0) is 6.54 Å². The molecule has 0 amide bonds. The minimum atomic E-state index is 0.172. The normalized spacial score (nSPS) is 16.4. The maximum atomic E-state index is 6.36. The van der Waals surface area contributed by atoms with E-state index in [0.29, 0.717) is 11.8 Å². The van der Waals surface area contributed by atoms with Crippen LogP contribution in [0.15, 0.2) is 16.8 Å². The third-order valence-corrected chi connectivity index (χ3v) is 5.22. The molecule has 1 fully saturated rings. The van der Waals surface area contributed by atoms with Crippen LogP contribution in [-0.4, -0.2) is 23.0 Å². The standard InChI is InChI=1S/C18H32N2S/c1-14(2)9-18(13-19,10-15(3)4)20(17-5-6-17)11-16-7-8-21-12-16/h7-8,12,14-15,17H,5-6,9-11,13,19H2,1-4H3. The molecule has 1 aromatic rings. The number of nitrogens with two attached hydrogens (primary N) is 1. The Balaban J connectivity index is 2.24. The fourth-order valence-electron chi connectivity index (χ4n) is 3.77. The Bertz CT molecular complexity index is 397. The number of nitrogens with zero attached hydrogens (tertiary/aromatic N) is 1. The van der Waals surface area contributed by atoms with Crippen LogP contribution in [0.5, 0.6) is 0 Å². The Labute approximate surface area is 134 Å². The third-order valence-electron chi connectivity index (χ3n) is 4.49. The Kier molecular flexibility index (Phi) is 5.87. The number of thiophene rings is 1. The molecule has 120 valence electrons. The van der Waals surface area contributed by atoms with Gasteiger partial charge in [0.25, 0.3) is 0 Å². The van der Waals surface area contributed by atoms with Gasteiger partial charge in [-0.3, -0.25) is 4.90 Å². The molecule has 0 radical (unpaired) electrons. The molecule has 3 heteroatoms. The first kappa shape index (κ1) is 17.0. The van der Waals surface area contributed by atoms with E-state index in [1.165, 1.54) is 31.2 Å². The van der Waals surface area contributed by atoms with Crippen molar-refractivity contribution in [3.05, 3.63) is 22.4 Å². The average molecular weight is 309 g/mol. The lowest BCUT2D eigenvalue weighted by molar-refractivity contribution is 0.0381. The monoisotopic (exact) mass is 308 g/mol. The molecule has 2 nitrogen and oxygen atoms in total. The van der Waals surface area contributed by atoms with Crippen LogP contribution in [0.1, 0.15) is 58.9 Å². The Hall–Kier alpha value is -0.380. The minimum absolute atomic E-state index is 0.172. The Morgan fingerprint density at radius 3 is 2.24 bits per heavy atom.